The predicted molar refractivity (Wildman–Crippen MR) is 68.1 cm³/mol. The first-order chi connectivity index (χ1) is 8.58. The summed E-state index contributed by atoms with van der Waals surface area (Å²) in [5.41, 5.74) is 1.07. The maximum absolute atomic E-state index is 11.9. The van der Waals surface area contributed by atoms with E-state index >= 15 is 0 Å². The molecule has 5 heteroatoms. The average Bonchev–Trinajstić information content (AvgIpc) is 2.99. The van der Waals surface area contributed by atoms with Crippen LogP contribution in [0.2, 0.25) is 0 Å². The van der Waals surface area contributed by atoms with Gasteiger partial charge in [-0.3, -0.25) is 9.89 Å². The normalized spacial score (nSPS) is 12.7. The van der Waals surface area contributed by atoms with Crippen molar-refractivity contribution in [2.75, 3.05) is 0 Å². The number of rotatable bonds is 4. The first-order valence-corrected chi connectivity index (χ1v) is 5.98. The van der Waals surface area contributed by atoms with Crippen molar-refractivity contribution >= 4 is 5.91 Å². The number of nitrogens with one attached hydrogen (secondary N) is 2. The van der Waals surface area contributed by atoms with E-state index in [2.05, 4.69) is 29.4 Å². The van der Waals surface area contributed by atoms with Crippen molar-refractivity contribution < 1.29 is 9.21 Å². The monoisotopic (exact) mass is 247 g/mol. The molecule has 0 saturated carbocycles. The van der Waals surface area contributed by atoms with E-state index < -0.39 is 0 Å². The number of aromatic nitrogens is 2. The lowest BCUT2D eigenvalue weighted by Crippen LogP contribution is -2.36. The molecule has 2 heterocycles. The highest BCUT2D eigenvalue weighted by molar-refractivity contribution is 5.93. The summed E-state index contributed by atoms with van der Waals surface area (Å²) in [6, 6.07) is 5.39. The molecule has 5 nitrogen and oxygen atoms in total. The first kappa shape index (κ1) is 12.4. The van der Waals surface area contributed by atoms with Gasteiger partial charge in [0.15, 0.2) is 11.5 Å². The number of aromatic amines is 1. The molecule has 0 aliphatic rings. The second-order valence-corrected chi connectivity index (χ2v) is 4.65. The van der Waals surface area contributed by atoms with Gasteiger partial charge in [0.25, 0.3) is 5.91 Å². The van der Waals surface area contributed by atoms with E-state index in [1.54, 1.807) is 18.4 Å². The Labute approximate surface area is 106 Å². The Bertz CT molecular complexity index is 514. The quantitative estimate of drug-likeness (QED) is 0.871. The number of hydrogen-bond donors (Lipinski definition) is 2. The van der Waals surface area contributed by atoms with Crippen LogP contribution in [0, 0.1) is 5.92 Å². The van der Waals surface area contributed by atoms with Crippen molar-refractivity contribution in [3.63, 3.8) is 0 Å². The number of H-pyrrole nitrogens is 1. The van der Waals surface area contributed by atoms with Gasteiger partial charge in [-0.2, -0.15) is 5.10 Å². The Balaban J connectivity index is 2.08. The van der Waals surface area contributed by atoms with Gasteiger partial charge in [0.2, 0.25) is 0 Å². The molecule has 0 aromatic carbocycles. The van der Waals surface area contributed by atoms with E-state index in [0.29, 0.717) is 23.1 Å². The van der Waals surface area contributed by atoms with Crippen LogP contribution in [0.25, 0.3) is 11.5 Å². The zero-order valence-corrected chi connectivity index (χ0v) is 10.7. The summed E-state index contributed by atoms with van der Waals surface area (Å²) in [6.07, 6.45) is 1.58. The fraction of sp³-hybridized carbons (Fsp3) is 0.385. The highest BCUT2D eigenvalue weighted by Gasteiger charge is 2.16. The zero-order valence-electron chi connectivity index (χ0n) is 10.7. The van der Waals surface area contributed by atoms with E-state index in [1.165, 1.54) is 0 Å². The molecule has 0 spiro atoms. The van der Waals surface area contributed by atoms with Crippen LogP contribution in [0.3, 0.4) is 0 Å². The van der Waals surface area contributed by atoms with Crippen LogP contribution in [0.15, 0.2) is 28.9 Å². The Kier molecular flexibility index (Phi) is 3.50. The SMILES string of the molecule is CC(C)[C@@H](C)NC(=O)c1cc(-c2ccco2)[nH]n1. The van der Waals surface area contributed by atoms with Gasteiger partial charge in [-0.05, 0) is 25.0 Å². The van der Waals surface area contributed by atoms with E-state index in [-0.39, 0.29) is 11.9 Å². The Morgan fingerprint density at radius 2 is 2.22 bits per heavy atom. The molecule has 2 N–H and O–H groups in total. The van der Waals surface area contributed by atoms with Crippen LogP contribution < -0.4 is 5.32 Å². The fourth-order valence-electron chi connectivity index (χ4n) is 1.44. The number of carbonyl (C=O) groups is 1. The summed E-state index contributed by atoms with van der Waals surface area (Å²) in [5.74, 6) is 0.876. The van der Waals surface area contributed by atoms with Crippen molar-refractivity contribution in [2.45, 2.75) is 26.8 Å². The van der Waals surface area contributed by atoms with Crippen LogP contribution >= 0.6 is 0 Å². The van der Waals surface area contributed by atoms with Crippen molar-refractivity contribution in [2.24, 2.45) is 5.92 Å². The molecule has 0 aliphatic carbocycles. The third-order valence-corrected chi connectivity index (χ3v) is 2.96. The lowest BCUT2D eigenvalue weighted by Gasteiger charge is -2.16. The lowest BCUT2D eigenvalue weighted by molar-refractivity contribution is 0.0925. The molecular formula is C13H17N3O2. The van der Waals surface area contributed by atoms with E-state index in [1.807, 2.05) is 13.0 Å². The molecular weight excluding hydrogens is 230 g/mol. The largest absolute Gasteiger partial charge is 0.463 e. The number of carbonyl (C=O) groups excluding carboxylic acids is 1. The number of nitrogens with zero attached hydrogens (tertiary/aromatic N) is 1. The van der Waals surface area contributed by atoms with Gasteiger partial charge in [0.05, 0.1) is 6.26 Å². The van der Waals surface area contributed by atoms with Crippen molar-refractivity contribution in [1.29, 1.82) is 0 Å². The molecule has 18 heavy (non-hydrogen) atoms. The Hall–Kier alpha value is -2.04. The minimum Gasteiger partial charge on any atom is -0.463 e. The maximum atomic E-state index is 11.9. The number of amides is 1. The second-order valence-electron chi connectivity index (χ2n) is 4.65. The lowest BCUT2D eigenvalue weighted by atomic mass is 10.1. The number of hydrogen-bond acceptors (Lipinski definition) is 3. The molecule has 1 atom stereocenters. The van der Waals surface area contributed by atoms with Crippen LogP contribution in [-0.4, -0.2) is 22.1 Å². The summed E-state index contributed by atoms with van der Waals surface area (Å²) in [4.78, 5) is 11.9. The minimum atomic E-state index is -0.176. The molecule has 0 unspecified atom stereocenters. The van der Waals surface area contributed by atoms with Crippen LogP contribution in [0.4, 0.5) is 0 Å². The van der Waals surface area contributed by atoms with Gasteiger partial charge in [-0.25, -0.2) is 0 Å². The summed E-state index contributed by atoms with van der Waals surface area (Å²) >= 11 is 0. The van der Waals surface area contributed by atoms with Gasteiger partial charge in [-0.1, -0.05) is 13.8 Å². The van der Waals surface area contributed by atoms with Crippen LogP contribution in [0.5, 0.6) is 0 Å². The molecule has 96 valence electrons. The van der Waals surface area contributed by atoms with Gasteiger partial charge in [-0.15, -0.1) is 0 Å². The van der Waals surface area contributed by atoms with Crippen LogP contribution in [0.1, 0.15) is 31.3 Å². The fourth-order valence-corrected chi connectivity index (χ4v) is 1.44. The van der Waals surface area contributed by atoms with E-state index in [4.69, 9.17) is 4.42 Å². The third kappa shape index (κ3) is 2.61. The zero-order chi connectivity index (χ0) is 13.1. The predicted octanol–water partition coefficient (Wildman–Crippen LogP) is 2.44. The summed E-state index contributed by atoms with van der Waals surface area (Å²) in [5, 5.41) is 9.68. The maximum Gasteiger partial charge on any atom is 0.272 e. The molecule has 0 fully saturated rings. The van der Waals surface area contributed by atoms with Gasteiger partial charge < -0.3 is 9.73 Å². The topological polar surface area (TPSA) is 70.9 Å². The third-order valence-electron chi connectivity index (χ3n) is 2.96. The molecule has 0 aliphatic heterocycles. The van der Waals surface area contributed by atoms with E-state index in [0.717, 1.165) is 0 Å². The van der Waals surface area contributed by atoms with Crippen LogP contribution in [-0.2, 0) is 0 Å². The van der Waals surface area contributed by atoms with Gasteiger partial charge in [0.1, 0.15) is 5.69 Å². The average molecular weight is 247 g/mol. The Morgan fingerprint density at radius 1 is 1.44 bits per heavy atom. The molecule has 2 rings (SSSR count). The molecule has 2 aromatic rings. The van der Waals surface area contributed by atoms with E-state index in [9.17, 15) is 4.79 Å². The van der Waals surface area contributed by atoms with Crippen molar-refractivity contribution in [1.82, 2.24) is 15.5 Å². The Morgan fingerprint density at radius 3 is 2.83 bits per heavy atom. The summed E-state index contributed by atoms with van der Waals surface area (Å²) in [6.45, 7) is 6.09. The smallest absolute Gasteiger partial charge is 0.272 e. The highest BCUT2D eigenvalue weighted by atomic mass is 16.3. The van der Waals surface area contributed by atoms with Gasteiger partial charge in [0, 0.05) is 12.1 Å². The standard InChI is InChI=1S/C13H17N3O2/c1-8(2)9(3)14-13(17)11-7-10(15-16-11)12-5-4-6-18-12/h4-9H,1-3H3,(H,14,17)(H,15,16)/t9-/m1/s1. The van der Waals surface area contributed by atoms with Crippen molar-refractivity contribution in [3.05, 3.63) is 30.2 Å². The second kappa shape index (κ2) is 5.08. The van der Waals surface area contributed by atoms with Crippen molar-refractivity contribution in [3.8, 4) is 11.5 Å². The molecule has 0 saturated heterocycles. The van der Waals surface area contributed by atoms with Gasteiger partial charge >= 0.3 is 0 Å². The first-order valence-electron chi connectivity index (χ1n) is 5.98. The molecule has 0 bridgehead atoms. The highest BCUT2D eigenvalue weighted by Crippen LogP contribution is 2.17. The minimum absolute atomic E-state index is 0.112. The molecule has 1 amide bonds. The summed E-state index contributed by atoms with van der Waals surface area (Å²) in [7, 11) is 0. The molecule has 2 aromatic heterocycles. The summed E-state index contributed by atoms with van der Waals surface area (Å²) < 4.78 is 5.23. The molecule has 0 radical (unpaired) electrons. The number of furan rings is 1.